The lowest BCUT2D eigenvalue weighted by molar-refractivity contribution is 0.617. The lowest BCUT2D eigenvalue weighted by Crippen LogP contribution is -1.96. The molecule has 0 amide bonds. The van der Waals surface area contributed by atoms with Gasteiger partial charge in [0.25, 0.3) is 0 Å². The normalized spacial score (nSPS) is 11.0. The predicted molar refractivity (Wildman–Crippen MR) is 76.8 cm³/mol. The number of hydrazone groups is 1. The maximum absolute atomic E-state index is 13.5. The molecule has 7 heteroatoms. The highest BCUT2D eigenvalue weighted by molar-refractivity contribution is 9.08. The fourth-order valence-corrected chi connectivity index (χ4v) is 2.47. The van der Waals surface area contributed by atoms with Crippen molar-refractivity contribution in [3.8, 4) is 0 Å². The van der Waals surface area contributed by atoms with Crippen LogP contribution in [-0.2, 0) is 5.33 Å². The summed E-state index contributed by atoms with van der Waals surface area (Å²) >= 11 is 4.60. The largest absolute Gasteiger partial charge is 0.383 e. The molecule has 4 nitrogen and oxygen atoms in total. The zero-order chi connectivity index (χ0) is 13.0. The van der Waals surface area contributed by atoms with Crippen LogP contribution in [0.25, 0.3) is 0 Å². The number of hydrogen-bond acceptors (Lipinski definition) is 5. The molecule has 2 rings (SSSR count). The Morgan fingerprint density at radius 2 is 2.39 bits per heavy atom. The molecule has 0 bridgehead atoms. The van der Waals surface area contributed by atoms with Crippen molar-refractivity contribution in [2.75, 3.05) is 11.2 Å². The van der Waals surface area contributed by atoms with E-state index in [4.69, 9.17) is 5.73 Å². The third kappa shape index (κ3) is 3.05. The molecular weight excluding hydrogens is 319 g/mol. The van der Waals surface area contributed by atoms with Gasteiger partial charge in [-0.05, 0) is 6.07 Å². The molecular formula is C11H10BrFN4S. The van der Waals surface area contributed by atoms with E-state index in [1.807, 2.05) is 0 Å². The van der Waals surface area contributed by atoms with Gasteiger partial charge in [0.1, 0.15) is 11.6 Å². The first-order valence-corrected chi connectivity index (χ1v) is 7.04. The first kappa shape index (κ1) is 13.0. The van der Waals surface area contributed by atoms with Gasteiger partial charge in [0.05, 0.1) is 6.21 Å². The number of rotatable bonds is 4. The van der Waals surface area contributed by atoms with Crippen molar-refractivity contribution >= 4 is 44.4 Å². The number of benzene rings is 1. The van der Waals surface area contributed by atoms with Crippen LogP contribution in [0.5, 0.6) is 0 Å². The van der Waals surface area contributed by atoms with Crippen LogP contribution in [0.3, 0.4) is 0 Å². The summed E-state index contributed by atoms with van der Waals surface area (Å²) in [5.74, 6) is 0.193. The number of alkyl halides is 1. The van der Waals surface area contributed by atoms with Crippen LogP contribution in [0.15, 0.2) is 28.7 Å². The average molecular weight is 329 g/mol. The molecule has 0 aliphatic carbocycles. The van der Waals surface area contributed by atoms with Gasteiger partial charge in [-0.25, -0.2) is 9.37 Å². The number of nitrogen functional groups attached to an aromatic ring is 1. The van der Waals surface area contributed by atoms with E-state index >= 15 is 0 Å². The smallest absolute Gasteiger partial charge is 0.205 e. The van der Waals surface area contributed by atoms with Crippen molar-refractivity contribution in [3.63, 3.8) is 0 Å². The molecule has 1 aromatic heterocycles. The molecule has 0 radical (unpaired) electrons. The number of anilines is 2. The minimum Gasteiger partial charge on any atom is -0.383 e. The zero-order valence-electron chi connectivity index (χ0n) is 9.23. The van der Waals surface area contributed by atoms with Gasteiger partial charge in [0.2, 0.25) is 5.13 Å². The summed E-state index contributed by atoms with van der Waals surface area (Å²) in [5, 5.41) is 6.75. The van der Waals surface area contributed by atoms with Gasteiger partial charge in [-0.3, -0.25) is 5.43 Å². The van der Waals surface area contributed by atoms with Crippen LogP contribution in [0, 0.1) is 5.82 Å². The number of hydrogen-bond donors (Lipinski definition) is 2. The monoisotopic (exact) mass is 328 g/mol. The van der Waals surface area contributed by atoms with Crippen molar-refractivity contribution < 1.29 is 4.39 Å². The van der Waals surface area contributed by atoms with Crippen LogP contribution in [0.4, 0.5) is 15.3 Å². The van der Waals surface area contributed by atoms with Gasteiger partial charge < -0.3 is 5.73 Å². The van der Waals surface area contributed by atoms with E-state index < -0.39 is 0 Å². The van der Waals surface area contributed by atoms with Gasteiger partial charge in [0, 0.05) is 21.8 Å². The minimum atomic E-state index is -0.255. The first-order chi connectivity index (χ1) is 8.70. The molecule has 0 atom stereocenters. The Morgan fingerprint density at radius 3 is 3.06 bits per heavy atom. The standard InChI is InChI=1S/C11H10BrFN4S/c12-4-8-7(2-1-3-9(8)13)5-15-17-11-16-10(14)6-18-11/h1-3,5-6H,4,14H2,(H,16,17). The predicted octanol–water partition coefficient (Wildman–Crippen LogP) is 3.21. The molecule has 2 aromatic rings. The minimum absolute atomic E-state index is 0.255. The Morgan fingerprint density at radius 1 is 1.56 bits per heavy atom. The number of nitrogens with two attached hydrogens (primary N) is 1. The summed E-state index contributed by atoms with van der Waals surface area (Å²) in [7, 11) is 0. The Balaban J connectivity index is 2.11. The highest BCUT2D eigenvalue weighted by atomic mass is 79.9. The Kier molecular flexibility index (Phi) is 4.27. The summed E-state index contributed by atoms with van der Waals surface area (Å²) in [6, 6.07) is 4.86. The molecule has 18 heavy (non-hydrogen) atoms. The van der Waals surface area contributed by atoms with Crippen molar-refractivity contribution in [2.24, 2.45) is 5.10 Å². The highest BCUT2D eigenvalue weighted by Crippen LogP contribution is 2.17. The SMILES string of the molecule is Nc1csc(NN=Cc2cccc(F)c2CBr)n1. The molecule has 0 saturated carbocycles. The van der Waals surface area contributed by atoms with Gasteiger partial charge in [-0.15, -0.1) is 11.3 Å². The Bertz CT molecular complexity index is 570. The van der Waals surface area contributed by atoms with Gasteiger partial charge >= 0.3 is 0 Å². The van der Waals surface area contributed by atoms with Crippen molar-refractivity contribution in [1.82, 2.24) is 4.98 Å². The molecule has 0 saturated heterocycles. The fourth-order valence-electron chi connectivity index (χ4n) is 1.33. The average Bonchev–Trinajstić information content (AvgIpc) is 2.75. The van der Waals surface area contributed by atoms with E-state index in [0.29, 0.717) is 27.4 Å². The van der Waals surface area contributed by atoms with Crippen molar-refractivity contribution in [1.29, 1.82) is 0 Å². The van der Waals surface area contributed by atoms with E-state index in [0.717, 1.165) is 0 Å². The zero-order valence-corrected chi connectivity index (χ0v) is 11.6. The summed E-state index contributed by atoms with van der Waals surface area (Å²) in [6.07, 6.45) is 1.55. The molecule has 1 aromatic carbocycles. The van der Waals surface area contributed by atoms with Crippen molar-refractivity contribution in [2.45, 2.75) is 5.33 Å². The van der Waals surface area contributed by atoms with Crippen molar-refractivity contribution in [3.05, 3.63) is 40.5 Å². The topological polar surface area (TPSA) is 63.3 Å². The molecule has 0 fully saturated rings. The summed E-state index contributed by atoms with van der Waals surface area (Å²) in [5.41, 5.74) is 9.51. The van der Waals surface area contributed by atoms with Crippen LogP contribution in [-0.4, -0.2) is 11.2 Å². The third-order valence-corrected chi connectivity index (χ3v) is 3.50. The fraction of sp³-hybridized carbons (Fsp3) is 0.0909. The van der Waals surface area contributed by atoms with Crippen LogP contribution >= 0.6 is 27.3 Å². The molecule has 0 aliphatic rings. The molecule has 3 N–H and O–H groups in total. The second kappa shape index (κ2) is 5.92. The molecule has 0 unspecified atom stereocenters. The second-order valence-corrected chi connectivity index (χ2v) is 4.81. The van der Waals surface area contributed by atoms with Crippen LogP contribution < -0.4 is 11.2 Å². The van der Waals surface area contributed by atoms with Gasteiger partial charge in [-0.1, -0.05) is 28.1 Å². The molecule has 94 valence electrons. The molecule has 1 heterocycles. The summed E-state index contributed by atoms with van der Waals surface area (Å²) in [6.45, 7) is 0. The molecule has 0 spiro atoms. The number of aromatic nitrogens is 1. The maximum atomic E-state index is 13.5. The summed E-state index contributed by atoms with van der Waals surface area (Å²) < 4.78 is 13.5. The van der Waals surface area contributed by atoms with Gasteiger partial charge in [0.15, 0.2) is 0 Å². The first-order valence-electron chi connectivity index (χ1n) is 5.04. The van der Waals surface area contributed by atoms with Crippen LogP contribution in [0.2, 0.25) is 0 Å². The number of halogens is 2. The maximum Gasteiger partial charge on any atom is 0.205 e. The number of thiazole rings is 1. The quantitative estimate of drug-likeness (QED) is 0.514. The van der Waals surface area contributed by atoms with E-state index in [1.54, 1.807) is 23.7 Å². The third-order valence-electron chi connectivity index (χ3n) is 2.17. The number of nitrogens with zero attached hydrogens (tertiary/aromatic N) is 2. The van der Waals surface area contributed by atoms with E-state index in [9.17, 15) is 4.39 Å². The summed E-state index contributed by atoms with van der Waals surface area (Å²) in [4.78, 5) is 3.99. The number of nitrogens with one attached hydrogen (secondary N) is 1. The van der Waals surface area contributed by atoms with E-state index in [2.05, 4.69) is 31.4 Å². The second-order valence-electron chi connectivity index (χ2n) is 3.39. The van der Waals surface area contributed by atoms with Gasteiger partial charge in [-0.2, -0.15) is 5.10 Å². The Labute approximate surface area is 116 Å². The lowest BCUT2D eigenvalue weighted by Gasteiger charge is -2.02. The molecule has 0 aliphatic heterocycles. The van der Waals surface area contributed by atoms with E-state index in [-0.39, 0.29) is 5.82 Å². The lowest BCUT2D eigenvalue weighted by atomic mass is 10.1. The van der Waals surface area contributed by atoms with Crippen LogP contribution in [0.1, 0.15) is 11.1 Å². The Hall–Kier alpha value is -1.47. The highest BCUT2D eigenvalue weighted by Gasteiger charge is 2.04. The van der Waals surface area contributed by atoms with E-state index in [1.165, 1.54) is 17.4 Å².